The zero-order chi connectivity index (χ0) is 21.3. The normalized spacial score (nSPS) is 17.0. The van der Waals surface area contributed by atoms with Crippen molar-refractivity contribution >= 4 is 16.6 Å². The molecule has 0 N–H and O–H groups in total. The lowest BCUT2D eigenvalue weighted by Crippen LogP contribution is -2.48. The molecule has 0 saturated carbocycles. The second-order valence-electron chi connectivity index (χ2n) is 7.74. The van der Waals surface area contributed by atoms with E-state index in [4.69, 9.17) is 0 Å². The number of ketones is 1. The summed E-state index contributed by atoms with van der Waals surface area (Å²) in [6, 6.07) is 7.61. The van der Waals surface area contributed by atoms with Gasteiger partial charge in [0.05, 0.1) is 24.9 Å². The third-order valence-corrected chi connectivity index (χ3v) is 5.67. The Kier molecular flexibility index (Phi) is 5.55. The Bertz CT molecular complexity index is 1060. The first-order valence-corrected chi connectivity index (χ1v) is 9.80. The molecule has 0 unspecified atom stereocenters. The highest BCUT2D eigenvalue weighted by molar-refractivity contribution is 5.91. The summed E-state index contributed by atoms with van der Waals surface area (Å²) in [6.07, 6.45) is 0.618. The fourth-order valence-electron chi connectivity index (χ4n) is 3.88. The number of halogens is 3. The second-order valence-corrected chi connectivity index (χ2v) is 7.74. The van der Waals surface area contributed by atoms with Gasteiger partial charge in [0.15, 0.2) is 11.5 Å². The zero-order valence-corrected chi connectivity index (χ0v) is 16.6. The average Bonchev–Trinajstić information content (AvgIpc) is 3.15. The number of likely N-dealkylation sites (tertiary alicyclic amines) is 1. The van der Waals surface area contributed by atoms with Gasteiger partial charge in [-0.15, -0.1) is 5.10 Å². The van der Waals surface area contributed by atoms with Gasteiger partial charge in [0.2, 0.25) is 0 Å². The lowest BCUT2D eigenvalue weighted by molar-refractivity contribution is -0.133. The summed E-state index contributed by atoms with van der Waals surface area (Å²) >= 11 is 0. The molecule has 0 atom stereocenters. The van der Waals surface area contributed by atoms with Crippen LogP contribution in [0, 0.1) is 0 Å². The first-order chi connectivity index (χ1) is 14.3. The standard InChI is InChI=1S/C21H22F3N5O/c1-28-18(12-26-27-28)14-2-3-15-11-25-17(9-16(15)8-14)10-19(30)21(24)4-6-29(7-5-21)13-20(22)23/h2-3,8-9,11-12,20H,4-7,10,13H2,1H3. The molecule has 3 aromatic rings. The summed E-state index contributed by atoms with van der Waals surface area (Å²) in [5, 5.41) is 9.60. The van der Waals surface area contributed by atoms with Crippen LogP contribution in [0.25, 0.3) is 22.0 Å². The SMILES string of the molecule is Cn1nncc1-c1ccc2cnc(CC(=O)C3(F)CCN(CC(F)F)CC3)cc2c1. The Balaban J connectivity index is 1.49. The van der Waals surface area contributed by atoms with Crippen LogP contribution in [0.15, 0.2) is 36.7 Å². The van der Waals surface area contributed by atoms with Gasteiger partial charge >= 0.3 is 0 Å². The maximum absolute atomic E-state index is 15.2. The summed E-state index contributed by atoms with van der Waals surface area (Å²) in [7, 11) is 1.80. The van der Waals surface area contributed by atoms with Gasteiger partial charge in [0, 0.05) is 55.8 Å². The monoisotopic (exact) mass is 417 g/mol. The van der Waals surface area contributed by atoms with E-state index in [1.165, 1.54) is 4.90 Å². The molecule has 1 fully saturated rings. The maximum Gasteiger partial charge on any atom is 0.251 e. The molecule has 9 heteroatoms. The average molecular weight is 417 g/mol. The van der Waals surface area contributed by atoms with Crippen LogP contribution >= 0.6 is 0 Å². The molecule has 0 radical (unpaired) electrons. The van der Waals surface area contributed by atoms with Crippen molar-refractivity contribution in [1.29, 1.82) is 0 Å². The van der Waals surface area contributed by atoms with Crippen LogP contribution in [0.5, 0.6) is 0 Å². The Hall–Kier alpha value is -2.81. The van der Waals surface area contributed by atoms with E-state index in [2.05, 4.69) is 15.3 Å². The van der Waals surface area contributed by atoms with Crippen LogP contribution in [0.1, 0.15) is 18.5 Å². The molecule has 2 aromatic heterocycles. The van der Waals surface area contributed by atoms with Gasteiger partial charge in [0.1, 0.15) is 0 Å². The van der Waals surface area contributed by atoms with Crippen molar-refractivity contribution in [2.45, 2.75) is 31.4 Å². The molecule has 0 aliphatic carbocycles. The number of aromatic nitrogens is 4. The number of benzene rings is 1. The minimum atomic E-state index is -2.46. The van der Waals surface area contributed by atoms with E-state index in [0.717, 1.165) is 22.0 Å². The number of alkyl halides is 3. The lowest BCUT2D eigenvalue weighted by Gasteiger charge is -2.35. The van der Waals surface area contributed by atoms with Crippen LogP contribution in [0.2, 0.25) is 0 Å². The van der Waals surface area contributed by atoms with Gasteiger partial charge < -0.3 is 0 Å². The Morgan fingerprint density at radius 2 is 1.93 bits per heavy atom. The third-order valence-electron chi connectivity index (χ3n) is 5.67. The van der Waals surface area contributed by atoms with E-state index in [1.807, 2.05) is 18.2 Å². The van der Waals surface area contributed by atoms with Gasteiger partial charge in [-0.1, -0.05) is 17.3 Å². The smallest absolute Gasteiger partial charge is 0.251 e. The number of aryl methyl sites for hydroxylation is 1. The molecule has 0 bridgehead atoms. The predicted molar refractivity (Wildman–Crippen MR) is 106 cm³/mol. The van der Waals surface area contributed by atoms with E-state index >= 15 is 4.39 Å². The molecule has 0 spiro atoms. The highest BCUT2D eigenvalue weighted by Crippen LogP contribution is 2.30. The van der Waals surface area contributed by atoms with Crippen molar-refractivity contribution in [3.63, 3.8) is 0 Å². The van der Waals surface area contributed by atoms with Crippen molar-refractivity contribution in [3.05, 3.63) is 42.4 Å². The zero-order valence-electron chi connectivity index (χ0n) is 16.6. The number of hydrogen-bond acceptors (Lipinski definition) is 5. The minimum absolute atomic E-state index is 0.0657. The van der Waals surface area contributed by atoms with Crippen molar-refractivity contribution in [3.8, 4) is 11.3 Å². The molecule has 1 aliphatic rings. The Labute approximate surface area is 171 Å². The van der Waals surface area contributed by atoms with Crippen LogP contribution in [-0.2, 0) is 18.3 Å². The summed E-state index contributed by atoms with van der Waals surface area (Å²) in [5.41, 5.74) is 0.272. The maximum atomic E-state index is 15.2. The molecule has 3 heterocycles. The molecule has 0 amide bonds. The fraction of sp³-hybridized carbons (Fsp3) is 0.429. The molecule has 1 aliphatic heterocycles. The number of hydrogen-bond donors (Lipinski definition) is 0. The van der Waals surface area contributed by atoms with Gasteiger partial charge in [-0.25, -0.2) is 17.9 Å². The fourth-order valence-corrected chi connectivity index (χ4v) is 3.88. The quantitative estimate of drug-likeness (QED) is 0.616. The number of nitrogens with zero attached hydrogens (tertiary/aromatic N) is 5. The third kappa shape index (κ3) is 4.21. The van der Waals surface area contributed by atoms with E-state index in [1.54, 1.807) is 30.2 Å². The molecular formula is C21H22F3N5O. The predicted octanol–water partition coefficient (Wildman–Crippen LogP) is 3.21. The minimum Gasteiger partial charge on any atom is -0.297 e. The van der Waals surface area contributed by atoms with E-state index in [0.29, 0.717) is 5.69 Å². The molecule has 1 aromatic carbocycles. The number of carbonyl (C=O) groups excluding carboxylic acids is 1. The summed E-state index contributed by atoms with van der Waals surface area (Å²) in [6.45, 7) is -0.0787. The molecule has 158 valence electrons. The number of piperidine rings is 1. The van der Waals surface area contributed by atoms with Crippen LogP contribution < -0.4 is 0 Å². The molecule has 6 nitrogen and oxygen atoms in total. The number of pyridine rings is 1. The van der Waals surface area contributed by atoms with E-state index in [9.17, 15) is 13.6 Å². The number of Topliss-reactive ketones (excluding diaryl/α,β-unsaturated/α-hetero) is 1. The highest BCUT2D eigenvalue weighted by atomic mass is 19.3. The molecule has 30 heavy (non-hydrogen) atoms. The van der Waals surface area contributed by atoms with Gasteiger partial charge in [0.25, 0.3) is 6.43 Å². The van der Waals surface area contributed by atoms with Crippen molar-refractivity contribution in [2.24, 2.45) is 7.05 Å². The Morgan fingerprint density at radius 3 is 2.60 bits per heavy atom. The topological polar surface area (TPSA) is 63.9 Å². The van der Waals surface area contributed by atoms with Gasteiger partial charge in [-0.05, 0) is 17.5 Å². The summed E-state index contributed by atoms with van der Waals surface area (Å²) in [5.74, 6) is -0.543. The van der Waals surface area contributed by atoms with E-state index < -0.39 is 17.9 Å². The summed E-state index contributed by atoms with van der Waals surface area (Å²) < 4.78 is 41.8. The lowest BCUT2D eigenvalue weighted by atomic mass is 9.87. The first kappa shape index (κ1) is 20.5. The first-order valence-electron chi connectivity index (χ1n) is 9.80. The summed E-state index contributed by atoms with van der Waals surface area (Å²) in [4.78, 5) is 18.5. The van der Waals surface area contributed by atoms with Crippen LogP contribution in [0.4, 0.5) is 13.2 Å². The number of fused-ring (bicyclic) bond motifs is 1. The molecular weight excluding hydrogens is 395 g/mol. The van der Waals surface area contributed by atoms with Crippen molar-refractivity contribution in [1.82, 2.24) is 24.9 Å². The second kappa shape index (κ2) is 8.14. The van der Waals surface area contributed by atoms with Gasteiger partial charge in [-0.2, -0.15) is 0 Å². The van der Waals surface area contributed by atoms with Crippen LogP contribution in [-0.4, -0.2) is 62.4 Å². The van der Waals surface area contributed by atoms with Crippen molar-refractivity contribution < 1.29 is 18.0 Å². The van der Waals surface area contributed by atoms with Crippen molar-refractivity contribution in [2.75, 3.05) is 19.6 Å². The largest absolute Gasteiger partial charge is 0.297 e. The molecule has 4 rings (SSSR count). The molecule has 1 saturated heterocycles. The van der Waals surface area contributed by atoms with Crippen LogP contribution in [0.3, 0.4) is 0 Å². The number of carbonyl (C=O) groups is 1. The van der Waals surface area contributed by atoms with E-state index in [-0.39, 0.29) is 38.9 Å². The number of rotatable bonds is 6. The highest BCUT2D eigenvalue weighted by Gasteiger charge is 2.41. The van der Waals surface area contributed by atoms with Gasteiger partial charge in [-0.3, -0.25) is 14.7 Å². The Morgan fingerprint density at radius 1 is 1.17 bits per heavy atom.